The lowest BCUT2D eigenvalue weighted by Crippen LogP contribution is -2.26. The summed E-state index contributed by atoms with van der Waals surface area (Å²) in [6.45, 7) is 0. The predicted octanol–water partition coefficient (Wildman–Crippen LogP) is 2.47. The van der Waals surface area contributed by atoms with E-state index in [4.69, 9.17) is 4.74 Å². The molecule has 0 spiro atoms. The fraction of sp³-hybridized carbons (Fsp3) is 0.133. The standard InChI is InChI=1S/C15H13NO3/c1-19-15-12-8-4-2-6-10(12)14(16(17)18)11-7-3-5-9-13(11)15/h2-9,15H,1H3,(H,17,18). The maximum atomic E-state index is 11.5. The zero-order valence-electron chi connectivity index (χ0n) is 10.4. The molecule has 1 aliphatic rings. The lowest BCUT2D eigenvalue weighted by Gasteiger charge is -2.25. The van der Waals surface area contributed by atoms with Gasteiger partial charge in [-0.2, -0.15) is 0 Å². The number of ether oxygens (including phenoxy) is 1. The minimum absolute atomic E-state index is 0.0659. The van der Waals surface area contributed by atoms with Crippen LogP contribution in [0.15, 0.2) is 48.5 Å². The molecule has 0 fully saturated rings. The van der Waals surface area contributed by atoms with Crippen molar-refractivity contribution in [1.29, 1.82) is 0 Å². The molecule has 0 radical (unpaired) electrons. The molecule has 0 saturated carbocycles. The van der Waals surface area contributed by atoms with Crippen molar-refractivity contribution in [3.05, 3.63) is 76.0 Å². The molecule has 0 bridgehead atoms. The summed E-state index contributed by atoms with van der Waals surface area (Å²) in [6, 6.07) is 14.9. The Bertz CT molecular complexity index is 610. The maximum absolute atomic E-state index is 11.5. The lowest BCUT2D eigenvalue weighted by molar-refractivity contribution is -0.725. The second kappa shape index (κ2) is 4.40. The van der Waals surface area contributed by atoms with Gasteiger partial charge in [0.25, 0.3) is 5.71 Å². The quantitative estimate of drug-likeness (QED) is 0.484. The topological polar surface area (TPSA) is 55.5 Å². The fourth-order valence-corrected chi connectivity index (χ4v) is 2.66. The zero-order chi connectivity index (χ0) is 13.4. The number of rotatable bonds is 1. The molecule has 0 amide bonds. The van der Waals surface area contributed by atoms with Crippen molar-refractivity contribution < 1.29 is 14.8 Å². The van der Waals surface area contributed by atoms with E-state index < -0.39 is 0 Å². The summed E-state index contributed by atoms with van der Waals surface area (Å²) in [7, 11) is 1.64. The van der Waals surface area contributed by atoms with Crippen LogP contribution in [0.4, 0.5) is 0 Å². The van der Waals surface area contributed by atoms with Crippen molar-refractivity contribution in [3.8, 4) is 0 Å². The van der Waals surface area contributed by atoms with Crippen LogP contribution in [0.5, 0.6) is 0 Å². The van der Waals surface area contributed by atoms with Crippen LogP contribution in [-0.4, -0.2) is 22.9 Å². The van der Waals surface area contributed by atoms with Gasteiger partial charge in [-0.1, -0.05) is 36.4 Å². The van der Waals surface area contributed by atoms with E-state index in [0.717, 1.165) is 11.1 Å². The van der Waals surface area contributed by atoms with Gasteiger partial charge in [-0.25, -0.2) is 0 Å². The van der Waals surface area contributed by atoms with Gasteiger partial charge in [0.2, 0.25) is 0 Å². The molecule has 2 aromatic carbocycles. The minimum atomic E-state index is -0.226. The Kier molecular flexibility index (Phi) is 2.72. The Balaban J connectivity index is 2.37. The highest BCUT2D eigenvalue weighted by Crippen LogP contribution is 2.36. The Hall–Kier alpha value is -2.33. The van der Waals surface area contributed by atoms with Crippen LogP contribution in [-0.2, 0) is 4.74 Å². The average molecular weight is 255 g/mol. The average Bonchev–Trinajstić information content (AvgIpc) is 2.44. The second-order valence-corrected chi connectivity index (χ2v) is 4.41. The zero-order valence-corrected chi connectivity index (χ0v) is 10.4. The smallest absolute Gasteiger partial charge is 0.282 e. The van der Waals surface area contributed by atoms with Gasteiger partial charge in [0, 0.05) is 12.0 Å². The molecule has 0 heterocycles. The van der Waals surface area contributed by atoms with Gasteiger partial charge in [-0.05, 0) is 23.3 Å². The third kappa shape index (κ3) is 1.69. The Morgan fingerprint density at radius 1 is 1.00 bits per heavy atom. The summed E-state index contributed by atoms with van der Waals surface area (Å²) in [4.78, 5) is -0.0659. The van der Waals surface area contributed by atoms with Gasteiger partial charge in [0.1, 0.15) is 6.10 Å². The predicted molar refractivity (Wildman–Crippen MR) is 70.4 cm³/mol. The molecular formula is C15H13NO3. The van der Waals surface area contributed by atoms with Crippen LogP contribution in [0.2, 0.25) is 0 Å². The maximum Gasteiger partial charge on any atom is 0.282 e. The number of methoxy groups -OCH3 is 1. The summed E-state index contributed by atoms with van der Waals surface area (Å²) in [5, 5.41) is 20.9. The van der Waals surface area contributed by atoms with Crippen molar-refractivity contribution in [3.63, 3.8) is 0 Å². The van der Waals surface area contributed by atoms with E-state index in [9.17, 15) is 10.4 Å². The van der Waals surface area contributed by atoms with E-state index in [2.05, 4.69) is 0 Å². The Morgan fingerprint density at radius 2 is 1.47 bits per heavy atom. The van der Waals surface area contributed by atoms with Crippen LogP contribution < -0.4 is 0 Å². The van der Waals surface area contributed by atoms with Gasteiger partial charge < -0.3 is 9.94 Å². The molecule has 1 N–H and O–H groups in total. The molecule has 0 saturated heterocycles. The molecule has 0 atom stereocenters. The largest absolute Gasteiger partial charge is 0.417 e. The molecule has 1 aliphatic carbocycles. The van der Waals surface area contributed by atoms with Crippen LogP contribution >= 0.6 is 0 Å². The summed E-state index contributed by atoms with van der Waals surface area (Å²) in [6.07, 6.45) is -0.226. The van der Waals surface area contributed by atoms with Crippen molar-refractivity contribution in [2.24, 2.45) is 0 Å². The molecule has 0 aromatic heterocycles. The first-order valence-corrected chi connectivity index (χ1v) is 5.98. The number of nitrogens with zero attached hydrogens (tertiary/aromatic N) is 1. The third-order valence-corrected chi connectivity index (χ3v) is 3.42. The SMILES string of the molecule is COC1c2ccccc2C(=[N+]([O-])O)c2ccccc21. The lowest BCUT2D eigenvalue weighted by atomic mass is 9.82. The van der Waals surface area contributed by atoms with Crippen LogP contribution in [0, 0.1) is 5.21 Å². The van der Waals surface area contributed by atoms with Crippen LogP contribution in [0.1, 0.15) is 28.4 Å². The molecule has 96 valence electrons. The Morgan fingerprint density at radius 3 is 1.89 bits per heavy atom. The molecule has 0 aliphatic heterocycles. The molecule has 19 heavy (non-hydrogen) atoms. The van der Waals surface area contributed by atoms with Gasteiger partial charge in [-0.3, -0.25) is 5.21 Å². The molecule has 4 heteroatoms. The Labute approximate surface area is 110 Å². The van der Waals surface area contributed by atoms with Gasteiger partial charge >= 0.3 is 0 Å². The summed E-state index contributed by atoms with van der Waals surface area (Å²) < 4.78 is 5.56. The van der Waals surface area contributed by atoms with E-state index >= 15 is 0 Å². The third-order valence-electron chi connectivity index (χ3n) is 3.42. The second-order valence-electron chi connectivity index (χ2n) is 4.41. The molecule has 2 aromatic rings. The molecule has 4 nitrogen and oxygen atoms in total. The molecule has 3 rings (SSSR count). The molecule has 0 unspecified atom stereocenters. The number of hydrogen-bond acceptors (Lipinski definition) is 3. The summed E-state index contributed by atoms with van der Waals surface area (Å²) >= 11 is 0. The first-order chi connectivity index (χ1) is 9.24. The van der Waals surface area contributed by atoms with Gasteiger partial charge in [0.15, 0.2) is 0 Å². The van der Waals surface area contributed by atoms with Crippen molar-refractivity contribution >= 4 is 5.71 Å². The van der Waals surface area contributed by atoms with E-state index in [1.807, 2.05) is 48.5 Å². The number of hydrogen-bond donors (Lipinski definition) is 1. The van der Waals surface area contributed by atoms with E-state index in [1.165, 1.54) is 0 Å². The summed E-state index contributed by atoms with van der Waals surface area (Å²) in [5.41, 5.74) is 3.43. The van der Waals surface area contributed by atoms with Crippen molar-refractivity contribution in [1.82, 2.24) is 0 Å². The van der Waals surface area contributed by atoms with E-state index in [1.54, 1.807) is 7.11 Å². The highest BCUT2D eigenvalue weighted by molar-refractivity contribution is 6.13. The minimum Gasteiger partial charge on any atom is -0.417 e. The highest BCUT2D eigenvalue weighted by atomic mass is 16.8. The van der Waals surface area contributed by atoms with Gasteiger partial charge in [-0.15, -0.1) is 0 Å². The van der Waals surface area contributed by atoms with Crippen LogP contribution in [0.3, 0.4) is 0 Å². The van der Waals surface area contributed by atoms with E-state index in [-0.39, 0.29) is 16.7 Å². The fourth-order valence-electron chi connectivity index (χ4n) is 2.66. The van der Waals surface area contributed by atoms with Crippen molar-refractivity contribution in [2.75, 3.05) is 7.11 Å². The number of benzene rings is 2. The van der Waals surface area contributed by atoms with Crippen molar-refractivity contribution in [2.45, 2.75) is 6.10 Å². The summed E-state index contributed by atoms with van der Waals surface area (Å²) in [5.74, 6) is 0. The normalized spacial score (nSPS) is 16.7. The highest BCUT2D eigenvalue weighted by Gasteiger charge is 2.34. The monoisotopic (exact) mass is 255 g/mol. The number of fused-ring (bicyclic) bond motifs is 2. The first kappa shape index (κ1) is 11.7. The van der Waals surface area contributed by atoms with Gasteiger partial charge in [0.05, 0.1) is 11.1 Å². The van der Waals surface area contributed by atoms with E-state index in [0.29, 0.717) is 11.1 Å². The first-order valence-electron chi connectivity index (χ1n) is 5.98. The molecular weight excluding hydrogens is 242 g/mol. The van der Waals surface area contributed by atoms with Crippen LogP contribution in [0.25, 0.3) is 0 Å².